The fourth-order valence-corrected chi connectivity index (χ4v) is 6.42. The van der Waals surface area contributed by atoms with Crippen molar-refractivity contribution in [2.24, 2.45) is 11.8 Å². The standard InChI is InChI=1S/C30H42N2O11/c1-3-41-29(40)20(14-13-17-9-5-4-6-10-17)31-16(2)26(36)32-15-19(18-11-7-8-12-21(18)32)28(39)43-30-24(35)22(33)23(34)25(42-30)27(37)38/h4-6,9-10,16,18-25,30-31,33-35H,3,7-8,11-15H2,1-2H3,(H,37,38)/t16-,18+,19-,20?,21-,22?,23?,24?,25?,30?/m0/s1. The van der Waals surface area contributed by atoms with Gasteiger partial charge in [0, 0.05) is 12.6 Å². The number of carbonyl (C=O) groups excluding carboxylic acids is 3. The van der Waals surface area contributed by atoms with Crippen LogP contribution in [-0.4, -0.2) is 111 Å². The highest BCUT2D eigenvalue weighted by Crippen LogP contribution is 2.41. The lowest BCUT2D eigenvalue weighted by atomic mass is 9.79. The third-order valence-corrected chi connectivity index (χ3v) is 8.68. The van der Waals surface area contributed by atoms with Gasteiger partial charge >= 0.3 is 17.9 Å². The first-order valence-electron chi connectivity index (χ1n) is 14.9. The zero-order chi connectivity index (χ0) is 31.3. The van der Waals surface area contributed by atoms with Gasteiger partial charge in [0.15, 0.2) is 6.10 Å². The summed E-state index contributed by atoms with van der Waals surface area (Å²) in [6.07, 6.45) is -5.32. The number of amides is 1. The Morgan fingerprint density at radius 3 is 2.42 bits per heavy atom. The summed E-state index contributed by atoms with van der Waals surface area (Å²) in [7, 11) is 0. The van der Waals surface area contributed by atoms with Gasteiger partial charge < -0.3 is 39.5 Å². The monoisotopic (exact) mass is 606 g/mol. The number of hydrogen-bond donors (Lipinski definition) is 5. The van der Waals surface area contributed by atoms with Gasteiger partial charge in [0.05, 0.1) is 18.6 Å². The Labute approximate surface area is 250 Å². The van der Waals surface area contributed by atoms with E-state index >= 15 is 0 Å². The molecule has 13 nitrogen and oxygen atoms in total. The Hall–Kier alpha value is -3.10. The number of rotatable bonds is 11. The van der Waals surface area contributed by atoms with Crippen molar-refractivity contribution in [2.75, 3.05) is 13.2 Å². The van der Waals surface area contributed by atoms with Gasteiger partial charge in [-0.15, -0.1) is 0 Å². The molecule has 3 aliphatic rings. The lowest BCUT2D eigenvalue weighted by Gasteiger charge is -2.38. The second-order valence-corrected chi connectivity index (χ2v) is 11.5. The van der Waals surface area contributed by atoms with Crippen LogP contribution in [0, 0.1) is 11.8 Å². The molecule has 238 valence electrons. The summed E-state index contributed by atoms with van der Waals surface area (Å²) < 4.78 is 15.7. The number of carboxylic acids is 1. The summed E-state index contributed by atoms with van der Waals surface area (Å²) in [5.74, 6) is -4.12. The maximum Gasteiger partial charge on any atom is 0.335 e. The number of ether oxygens (including phenoxy) is 3. The molecule has 1 aliphatic carbocycles. The summed E-state index contributed by atoms with van der Waals surface area (Å²) in [6.45, 7) is 3.62. The fraction of sp³-hybridized carbons (Fsp3) is 0.667. The average molecular weight is 607 g/mol. The number of likely N-dealkylation sites (tertiary alicyclic amines) is 1. The molecule has 2 aliphatic heterocycles. The Kier molecular flexibility index (Phi) is 11.1. The molecule has 2 saturated heterocycles. The third-order valence-electron chi connectivity index (χ3n) is 8.68. The van der Waals surface area contributed by atoms with E-state index < -0.39 is 66.6 Å². The van der Waals surface area contributed by atoms with Crippen LogP contribution >= 0.6 is 0 Å². The minimum absolute atomic E-state index is 0.0312. The molecule has 0 radical (unpaired) electrons. The molecule has 0 spiro atoms. The third kappa shape index (κ3) is 7.52. The van der Waals surface area contributed by atoms with E-state index in [1.165, 1.54) is 0 Å². The van der Waals surface area contributed by atoms with E-state index in [1.807, 2.05) is 30.3 Å². The van der Waals surface area contributed by atoms with Gasteiger partial charge in [-0.3, -0.25) is 19.7 Å². The van der Waals surface area contributed by atoms with Crippen LogP contribution in [0.3, 0.4) is 0 Å². The molecule has 43 heavy (non-hydrogen) atoms. The SMILES string of the molecule is CCOC(=O)C(CCc1ccccc1)N[C@@H](C)C(=O)N1C[C@H](C(=O)OC2OC(C(=O)O)C(O)C(O)C2O)[C@H]2CCCC[C@@H]21. The van der Waals surface area contributed by atoms with Crippen molar-refractivity contribution in [1.82, 2.24) is 10.2 Å². The van der Waals surface area contributed by atoms with Crippen LogP contribution in [0.25, 0.3) is 0 Å². The number of nitrogens with one attached hydrogen (secondary N) is 1. The Bertz CT molecular complexity index is 1130. The molecule has 0 bridgehead atoms. The van der Waals surface area contributed by atoms with Crippen LogP contribution < -0.4 is 5.32 Å². The van der Waals surface area contributed by atoms with Gasteiger partial charge in [0.1, 0.15) is 24.4 Å². The predicted octanol–water partition coefficient (Wildman–Crippen LogP) is -0.0184. The number of aliphatic carboxylic acids is 1. The van der Waals surface area contributed by atoms with E-state index in [0.29, 0.717) is 25.7 Å². The highest BCUT2D eigenvalue weighted by atomic mass is 16.7. The number of nitrogens with zero attached hydrogens (tertiary/aromatic N) is 1. The quantitative estimate of drug-likeness (QED) is 0.212. The number of fused-ring (bicyclic) bond motifs is 1. The molecule has 1 aromatic carbocycles. The van der Waals surface area contributed by atoms with E-state index in [1.54, 1.807) is 18.7 Å². The first-order chi connectivity index (χ1) is 20.5. The molecular weight excluding hydrogens is 564 g/mol. The lowest BCUT2D eigenvalue weighted by Crippen LogP contribution is -2.60. The zero-order valence-electron chi connectivity index (χ0n) is 24.4. The van der Waals surface area contributed by atoms with Gasteiger partial charge in [-0.25, -0.2) is 4.79 Å². The van der Waals surface area contributed by atoms with Crippen LogP contribution in [0.1, 0.15) is 51.5 Å². The van der Waals surface area contributed by atoms with Crippen molar-refractivity contribution in [3.8, 4) is 0 Å². The fourth-order valence-electron chi connectivity index (χ4n) is 6.42. The maximum absolute atomic E-state index is 13.8. The minimum Gasteiger partial charge on any atom is -0.479 e. The van der Waals surface area contributed by atoms with Gasteiger partial charge in [-0.05, 0) is 51.0 Å². The Morgan fingerprint density at radius 1 is 1.05 bits per heavy atom. The molecule has 5 N–H and O–H groups in total. The first-order valence-corrected chi connectivity index (χ1v) is 14.9. The zero-order valence-corrected chi connectivity index (χ0v) is 24.4. The molecule has 10 atom stereocenters. The smallest absolute Gasteiger partial charge is 0.335 e. The van der Waals surface area contributed by atoms with E-state index in [-0.39, 0.29) is 31.0 Å². The summed E-state index contributed by atoms with van der Waals surface area (Å²) >= 11 is 0. The van der Waals surface area contributed by atoms with Gasteiger partial charge in [-0.2, -0.15) is 0 Å². The predicted molar refractivity (Wildman–Crippen MR) is 149 cm³/mol. The van der Waals surface area contributed by atoms with Crippen molar-refractivity contribution < 1.29 is 53.8 Å². The minimum atomic E-state index is -1.91. The molecule has 6 unspecified atom stereocenters. The van der Waals surface area contributed by atoms with Crippen molar-refractivity contribution in [3.63, 3.8) is 0 Å². The number of esters is 2. The molecule has 2 heterocycles. The van der Waals surface area contributed by atoms with E-state index in [4.69, 9.17) is 14.2 Å². The largest absolute Gasteiger partial charge is 0.479 e. The van der Waals surface area contributed by atoms with Crippen molar-refractivity contribution in [2.45, 2.75) is 101 Å². The molecule has 4 rings (SSSR count). The number of aliphatic hydroxyl groups is 3. The molecule has 3 fully saturated rings. The van der Waals surface area contributed by atoms with E-state index in [0.717, 1.165) is 18.4 Å². The molecule has 0 aromatic heterocycles. The number of aliphatic hydroxyl groups excluding tert-OH is 3. The number of carboxylic acid groups (broad SMARTS) is 1. The normalized spacial score (nSPS) is 31.9. The highest BCUT2D eigenvalue weighted by Gasteiger charge is 2.52. The van der Waals surface area contributed by atoms with Gasteiger partial charge in [0.2, 0.25) is 12.2 Å². The summed E-state index contributed by atoms with van der Waals surface area (Å²) in [5.41, 5.74) is 1.05. The lowest BCUT2D eigenvalue weighted by molar-refractivity contribution is -0.287. The first kappa shape index (κ1) is 32.8. The molecule has 1 saturated carbocycles. The van der Waals surface area contributed by atoms with E-state index in [9.17, 15) is 39.6 Å². The second kappa shape index (κ2) is 14.6. The molecule has 13 heteroatoms. The number of carbonyl (C=O) groups is 4. The summed E-state index contributed by atoms with van der Waals surface area (Å²) in [4.78, 5) is 53.0. The van der Waals surface area contributed by atoms with Crippen LogP contribution in [0.2, 0.25) is 0 Å². The van der Waals surface area contributed by atoms with Crippen LogP contribution in [0.5, 0.6) is 0 Å². The van der Waals surface area contributed by atoms with Crippen molar-refractivity contribution >= 4 is 23.8 Å². The number of benzene rings is 1. The van der Waals surface area contributed by atoms with Crippen LogP contribution in [0.4, 0.5) is 0 Å². The topological polar surface area (TPSA) is 192 Å². The van der Waals surface area contributed by atoms with Gasteiger partial charge in [-0.1, -0.05) is 43.2 Å². The second-order valence-electron chi connectivity index (χ2n) is 11.5. The molecular formula is C30H42N2O11. The van der Waals surface area contributed by atoms with E-state index in [2.05, 4.69) is 5.32 Å². The van der Waals surface area contributed by atoms with Crippen molar-refractivity contribution in [3.05, 3.63) is 35.9 Å². The van der Waals surface area contributed by atoms with Crippen LogP contribution in [0.15, 0.2) is 30.3 Å². The number of aryl methyl sites for hydroxylation is 1. The van der Waals surface area contributed by atoms with Crippen LogP contribution in [-0.2, 0) is 39.8 Å². The molecule has 1 aromatic rings. The summed E-state index contributed by atoms with van der Waals surface area (Å²) in [6, 6.07) is 7.94. The van der Waals surface area contributed by atoms with Crippen molar-refractivity contribution in [1.29, 1.82) is 0 Å². The highest BCUT2D eigenvalue weighted by molar-refractivity contribution is 5.85. The maximum atomic E-state index is 13.8. The Balaban J connectivity index is 1.44. The van der Waals surface area contributed by atoms with Gasteiger partial charge in [0.25, 0.3) is 0 Å². The number of hydrogen-bond acceptors (Lipinski definition) is 11. The Morgan fingerprint density at radius 2 is 1.74 bits per heavy atom. The molecule has 1 amide bonds. The average Bonchev–Trinajstić information content (AvgIpc) is 3.39. The summed E-state index contributed by atoms with van der Waals surface area (Å²) in [5, 5.41) is 42.8.